The fourth-order valence-electron chi connectivity index (χ4n) is 4.96. The molecule has 1 aliphatic heterocycles. The van der Waals surface area contributed by atoms with E-state index in [1.807, 2.05) is 27.6 Å². The van der Waals surface area contributed by atoms with Crippen LogP contribution in [0.3, 0.4) is 0 Å². The number of aromatic nitrogens is 5. The van der Waals surface area contributed by atoms with Gasteiger partial charge in [0.05, 0.1) is 11.3 Å². The Morgan fingerprint density at radius 3 is 2.35 bits per heavy atom. The van der Waals surface area contributed by atoms with Crippen LogP contribution in [0.1, 0.15) is 75.9 Å². The van der Waals surface area contributed by atoms with Crippen molar-refractivity contribution < 1.29 is 4.79 Å². The molecule has 1 saturated heterocycles. The van der Waals surface area contributed by atoms with Crippen molar-refractivity contribution >= 4 is 11.6 Å². The number of nitrogens with one attached hydrogen (secondary N) is 1. The van der Waals surface area contributed by atoms with Crippen molar-refractivity contribution in [1.82, 2.24) is 33.9 Å². The summed E-state index contributed by atoms with van der Waals surface area (Å²) < 4.78 is 3.33. The smallest absolute Gasteiger partial charge is 0.339 e. The first-order valence-corrected chi connectivity index (χ1v) is 13.9. The van der Waals surface area contributed by atoms with Gasteiger partial charge in [-0.05, 0) is 82.1 Å². The van der Waals surface area contributed by atoms with Gasteiger partial charge in [-0.2, -0.15) is 0 Å². The molecule has 0 aliphatic carbocycles. The normalized spacial score (nSPS) is 14.5. The average Bonchev–Trinajstić information content (AvgIpc) is 3.58. The maximum Gasteiger partial charge on any atom is 0.343 e. The average molecular weight is 510 g/mol. The van der Waals surface area contributed by atoms with E-state index in [-0.39, 0.29) is 11.6 Å². The largest absolute Gasteiger partial charge is 0.343 e. The second-order valence-electron chi connectivity index (χ2n) is 11.3. The molecule has 0 saturated carbocycles. The Morgan fingerprint density at radius 1 is 1.08 bits per heavy atom. The molecular weight excluding hydrogens is 466 g/mol. The summed E-state index contributed by atoms with van der Waals surface area (Å²) in [6.07, 6.45) is 8.19. The van der Waals surface area contributed by atoms with Crippen LogP contribution in [0.2, 0.25) is 0 Å². The number of fused-ring (bicyclic) bond motifs is 1. The van der Waals surface area contributed by atoms with Crippen LogP contribution in [0.5, 0.6) is 0 Å². The van der Waals surface area contributed by atoms with Gasteiger partial charge in [-0.3, -0.25) is 9.78 Å². The molecule has 4 heterocycles. The summed E-state index contributed by atoms with van der Waals surface area (Å²) in [6.45, 7) is 13.6. The van der Waals surface area contributed by atoms with E-state index in [0.717, 1.165) is 69.7 Å². The van der Waals surface area contributed by atoms with Crippen LogP contribution in [-0.4, -0.2) is 72.6 Å². The van der Waals surface area contributed by atoms with E-state index in [2.05, 4.69) is 42.7 Å². The molecule has 0 unspecified atom stereocenters. The van der Waals surface area contributed by atoms with Crippen LogP contribution in [0.25, 0.3) is 17.2 Å². The summed E-state index contributed by atoms with van der Waals surface area (Å²) >= 11 is 0. The molecule has 1 aliphatic rings. The van der Waals surface area contributed by atoms with Gasteiger partial charge >= 0.3 is 5.69 Å². The number of hydrogen-bond acceptors (Lipinski definition) is 5. The number of aryl methyl sites for hydroxylation is 2. The summed E-state index contributed by atoms with van der Waals surface area (Å²) in [5, 5.41) is 4.38. The molecular formula is C28H43N7O2. The van der Waals surface area contributed by atoms with Gasteiger partial charge in [0.1, 0.15) is 11.3 Å². The van der Waals surface area contributed by atoms with Gasteiger partial charge in [-0.15, -0.1) is 5.10 Å². The number of nitrogens with zero attached hydrogens (tertiary/aromatic N) is 6. The van der Waals surface area contributed by atoms with E-state index in [4.69, 9.17) is 4.98 Å². The third kappa shape index (κ3) is 6.69. The Hall–Kier alpha value is -2.94. The second kappa shape index (κ2) is 12.1. The minimum absolute atomic E-state index is 0.0627. The lowest BCUT2D eigenvalue weighted by atomic mass is 10.1. The summed E-state index contributed by atoms with van der Waals surface area (Å²) in [4.78, 5) is 38.0. The van der Waals surface area contributed by atoms with E-state index < -0.39 is 0 Å². The van der Waals surface area contributed by atoms with E-state index in [1.165, 1.54) is 17.5 Å². The molecule has 202 valence electrons. The zero-order valence-electron chi connectivity index (χ0n) is 23.2. The second-order valence-corrected chi connectivity index (χ2v) is 11.3. The number of imidazole rings is 1. The number of H-pyrrole nitrogens is 1. The van der Waals surface area contributed by atoms with Gasteiger partial charge in [0.15, 0.2) is 5.82 Å². The first-order chi connectivity index (χ1) is 17.7. The first kappa shape index (κ1) is 27.1. The maximum absolute atomic E-state index is 13.7. The molecule has 9 heteroatoms. The van der Waals surface area contributed by atoms with Crippen molar-refractivity contribution in [1.29, 1.82) is 0 Å². The van der Waals surface area contributed by atoms with Crippen molar-refractivity contribution in [3.8, 4) is 11.5 Å². The zero-order chi connectivity index (χ0) is 26.5. The molecule has 0 bridgehead atoms. The van der Waals surface area contributed by atoms with Gasteiger partial charge < -0.3 is 14.2 Å². The molecule has 1 fully saturated rings. The highest BCUT2D eigenvalue weighted by molar-refractivity contribution is 5.94. The molecule has 37 heavy (non-hydrogen) atoms. The number of carbonyl (C=O) groups excluding carboxylic acids is 1. The predicted molar refractivity (Wildman–Crippen MR) is 147 cm³/mol. The molecule has 9 nitrogen and oxygen atoms in total. The monoisotopic (exact) mass is 509 g/mol. The zero-order valence-corrected chi connectivity index (χ0v) is 23.2. The molecule has 0 atom stereocenters. The molecule has 1 N–H and O–H groups in total. The summed E-state index contributed by atoms with van der Waals surface area (Å²) in [6, 6.07) is 3.78. The number of carbonyl (C=O) groups is 1. The quantitative estimate of drug-likeness (QED) is 0.399. The first-order valence-electron chi connectivity index (χ1n) is 13.9. The minimum atomic E-state index is -0.267. The van der Waals surface area contributed by atoms with Crippen molar-refractivity contribution in [3.63, 3.8) is 0 Å². The van der Waals surface area contributed by atoms with E-state index >= 15 is 0 Å². The highest BCUT2D eigenvalue weighted by atomic mass is 16.2. The third-order valence-corrected chi connectivity index (χ3v) is 7.28. The SMILES string of the molecule is CC(C)CCN(CCC(C)C)C(=O)c1ccc2nc(-c3nn(C)c(=O)[nH]3)c(CCCN3CCCC3)n2c1. The van der Waals surface area contributed by atoms with Crippen LogP contribution in [-0.2, 0) is 13.5 Å². The summed E-state index contributed by atoms with van der Waals surface area (Å²) in [5.41, 5.74) is 2.82. The predicted octanol–water partition coefficient (Wildman–Crippen LogP) is 3.99. The Morgan fingerprint density at radius 2 is 1.76 bits per heavy atom. The summed E-state index contributed by atoms with van der Waals surface area (Å²) in [5.74, 6) is 1.61. The Balaban J connectivity index is 1.66. The van der Waals surface area contributed by atoms with Crippen molar-refractivity contribution in [2.45, 2.75) is 66.2 Å². The number of rotatable bonds is 12. The van der Waals surface area contributed by atoms with Gasteiger partial charge in [-0.1, -0.05) is 27.7 Å². The van der Waals surface area contributed by atoms with Crippen LogP contribution in [0.4, 0.5) is 0 Å². The van der Waals surface area contributed by atoms with Crippen LogP contribution >= 0.6 is 0 Å². The standard InChI is InChI=1S/C28H43N7O2/c1-20(2)12-17-34(18-13-21(3)4)27(36)22-10-11-24-29-25(26-30-28(37)32(5)31-26)23(35(24)19-22)9-8-16-33-14-6-7-15-33/h10-11,19-21H,6-9,12-18H2,1-5H3,(H,30,31,37). The lowest BCUT2D eigenvalue weighted by Crippen LogP contribution is -2.34. The Labute approximate surface area is 219 Å². The van der Waals surface area contributed by atoms with E-state index in [1.54, 1.807) is 7.05 Å². The van der Waals surface area contributed by atoms with Gasteiger partial charge in [0.25, 0.3) is 5.91 Å². The molecule has 4 rings (SSSR count). The highest BCUT2D eigenvalue weighted by Crippen LogP contribution is 2.24. The van der Waals surface area contributed by atoms with E-state index in [0.29, 0.717) is 28.9 Å². The van der Waals surface area contributed by atoms with Crippen molar-refractivity contribution in [3.05, 3.63) is 40.1 Å². The molecule has 0 aromatic carbocycles. The van der Waals surface area contributed by atoms with Crippen LogP contribution in [0.15, 0.2) is 23.1 Å². The van der Waals surface area contributed by atoms with Crippen molar-refractivity contribution in [2.75, 3.05) is 32.7 Å². The molecule has 3 aromatic heterocycles. The number of aromatic amines is 1. The van der Waals surface area contributed by atoms with Crippen LogP contribution in [0, 0.1) is 11.8 Å². The number of hydrogen-bond donors (Lipinski definition) is 1. The van der Waals surface area contributed by atoms with Gasteiger partial charge in [0, 0.05) is 26.3 Å². The lowest BCUT2D eigenvalue weighted by molar-refractivity contribution is 0.0740. The molecule has 3 aromatic rings. The summed E-state index contributed by atoms with van der Waals surface area (Å²) in [7, 11) is 1.63. The topological polar surface area (TPSA) is 91.5 Å². The van der Waals surface area contributed by atoms with Gasteiger partial charge in [0.2, 0.25) is 0 Å². The highest BCUT2D eigenvalue weighted by Gasteiger charge is 2.22. The maximum atomic E-state index is 13.7. The Bertz CT molecular complexity index is 1240. The minimum Gasteiger partial charge on any atom is -0.339 e. The van der Waals surface area contributed by atoms with Gasteiger partial charge in [-0.25, -0.2) is 14.5 Å². The van der Waals surface area contributed by atoms with E-state index in [9.17, 15) is 9.59 Å². The lowest BCUT2D eigenvalue weighted by Gasteiger charge is -2.24. The van der Waals surface area contributed by atoms with Crippen LogP contribution < -0.4 is 5.69 Å². The Kier molecular flexibility index (Phi) is 8.84. The number of likely N-dealkylation sites (tertiary alicyclic amines) is 1. The molecule has 1 amide bonds. The fourth-order valence-corrected chi connectivity index (χ4v) is 4.96. The number of pyridine rings is 1. The molecule has 0 spiro atoms. The molecule has 0 radical (unpaired) electrons. The fraction of sp³-hybridized carbons (Fsp3) is 0.643. The van der Waals surface area contributed by atoms with Crippen molar-refractivity contribution in [2.24, 2.45) is 18.9 Å². The third-order valence-electron chi connectivity index (χ3n) is 7.28. The number of amides is 1.